The molecule has 0 aromatic heterocycles. The molecule has 0 spiro atoms. The number of alkyl halides is 6. The van der Waals surface area contributed by atoms with Crippen molar-refractivity contribution in [2.24, 2.45) is 0 Å². The maximum Gasteiger partial charge on any atom is 0.573 e. The predicted molar refractivity (Wildman–Crippen MR) is 54.0 cm³/mol. The van der Waals surface area contributed by atoms with Gasteiger partial charge in [-0.15, -0.1) is 13.2 Å². The van der Waals surface area contributed by atoms with Crippen LogP contribution in [0.2, 0.25) is 0 Å². The van der Waals surface area contributed by atoms with Gasteiger partial charge in [0.15, 0.2) is 0 Å². The summed E-state index contributed by atoms with van der Waals surface area (Å²) in [4.78, 5) is 0. The first-order chi connectivity index (χ1) is 8.54. The van der Waals surface area contributed by atoms with Gasteiger partial charge in [0.25, 0.3) is 0 Å². The van der Waals surface area contributed by atoms with Crippen LogP contribution in [0.5, 0.6) is 11.5 Å². The Balaban J connectivity index is 3.29. The van der Waals surface area contributed by atoms with Gasteiger partial charge in [0.1, 0.15) is 17.1 Å². The van der Waals surface area contributed by atoms with Crippen molar-refractivity contribution < 1.29 is 35.8 Å². The molecule has 0 aliphatic rings. The van der Waals surface area contributed by atoms with E-state index < -0.39 is 35.2 Å². The lowest BCUT2D eigenvalue weighted by molar-refractivity contribution is -0.274. The number of hydrogen-bond acceptors (Lipinski definition) is 2. The van der Waals surface area contributed by atoms with Gasteiger partial charge in [0.05, 0.1) is 6.61 Å². The van der Waals surface area contributed by atoms with E-state index in [1.54, 1.807) is 0 Å². The van der Waals surface area contributed by atoms with Crippen molar-refractivity contribution in [2.45, 2.75) is 26.4 Å². The van der Waals surface area contributed by atoms with Gasteiger partial charge in [-0.3, -0.25) is 0 Å². The highest BCUT2D eigenvalue weighted by Gasteiger charge is 2.38. The summed E-state index contributed by atoms with van der Waals surface area (Å²) in [5, 5.41) is 0. The first-order valence-corrected chi connectivity index (χ1v) is 5.15. The summed E-state index contributed by atoms with van der Waals surface area (Å²) in [6.07, 6.45) is -9.69. The van der Waals surface area contributed by atoms with Gasteiger partial charge in [-0.2, -0.15) is 13.2 Å². The van der Waals surface area contributed by atoms with E-state index in [2.05, 4.69) is 4.74 Å². The molecule has 0 saturated carbocycles. The van der Waals surface area contributed by atoms with Crippen molar-refractivity contribution in [1.29, 1.82) is 0 Å². The minimum atomic E-state index is -4.98. The monoisotopic (exact) mass is 288 g/mol. The molecule has 1 aromatic carbocycles. The number of halogens is 6. The van der Waals surface area contributed by atoms with Crippen LogP contribution in [0.1, 0.15) is 18.1 Å². The quantitative estimate of drug-likeness (QED) is 0.771. The highest BCUT2D eigenvalue weighted by molar-refractivity contribution is 5.47. The third kappa shape index (κ3) is 4.22. The minimum absolute atomic E-state index is 0.113. The molecule has 0 aliphatic heterocycles. The molecule has 1 rings (SSSR count). The number of benzene rings is 1. The molecule has 0 bridgehead atoms. The fourth-order valence-electron chi connectivity index (χ4n) is 1.55. The average molecular weight is 288 g/mol. The molecule has 1 aromatic rings. The van der Waals surface area contributed by atoms with Crippen molar-refractivity contribution in [3.8, 4) is 11.5 Å². The van der Waals surface area contributed by atoms with Crippen molar-refractivity contribution in [1.82, 2.24) is 0 Å². The van der Waals surface area contributed by atoms with E-state index >= 15 is 0 Å². The van der Waals surface area contributed by atoms with Gasteiger partial charge in [-0.05, 0) is 25.5 Å². The van der Waals surface area contributed by atoms with Crippen molar-refractivity contribution in [2.75, 3.05) is 6.61 Å². The third-order valence-corrected chi connectivity index (χ3v) is 2.09. The molecule has 0 radical (unpaired) electrons. The van der Waals surface area contributed by atoms with Gasteiger partial charge in [0, 0.05) is 6.07 Å². The average Bonchev–Trinajstić information content (AvgIpc) is 2.11. The fourth-order valence-corrected chi connectivity index (χ4v) is 1.55. The molecule has 0 amide bonds. The molecule has 0 heterocycles. The first kappa shape index (κ1) is 15.5. The lowest BCUT2D eigenvalue weighted by Gasteiger charge is -2.18. The Hall–Kier alpha value is -1.60. The number of ether oxygens (including phenoxy) is 2. The van der Waals surface area contributed by atoms with Crippen LogP contribution < -0.4 is 9.47 Å². The fraction of sp³-hybridized carbons (Fsp3) is 0.455. The highest BCUT2D eigenvalue weighted by Crippen LogP contribution is 2.41. The summed E-state index contributed by atoms with van der Waals surface area (Å²) in [5.74, 6) is -1.43. The largest absolute Gasteiger partial charge is 0.573 e. The van der Waals surface area contributed by atoms with E-state index in [9.17, 15) is 26.3 Å². The van der Waals surface area contributed by atoms with E-state index in [4.69, 9.17) is 4.74 Å². The number of rotatable bonds is 3. The molecular weight excluding hydrogens is 278 g/mol. The van der Waals surface area contributed by atoms with Crippen molar-refractivity contribution >= 4 is 0 Å². The lowest BCUT2D eigenvalue weighted by atomic mass is 10.1. The first-order valence-electron chi connectivity index (χ1n) is 5.15. The van der Waals surface area contributed by atoms with Gasteiger partial charge in [-0.25, -0.2) is 0 Å². The van der Waals surface area contributed by atoms with E-state index in [1.165, 1.54) is 6.92 Å². The Kier molecular flexibility index (Phi) is 4.21. The molecule has 19 heavy (non-hydrogen) atoms. The SMILES string of the molecule is CCOc1cc(OC(F)(F)F)cc(C)c1C(F)(F)F. The van der Waals surface area contributed by atoms with E-state index in [0.717, 1.165) is 6.92 Å². The van der Waals surface area contributed by atoms with E-state index in [0.29, 0.717) is 12.1 Å². The van der Waals surface area contributed by atoms with Crippen LogP contribution in [0, 0.1) is 6.92 Å². The summed E-state index contributed by atoms with van der Waals surface area (Å²) < 4.78 is 82.7. The Labute approximate surface area is 104 Å². The molecule has 0 N–H and O–H groups in total. The summed E-state index contributed by atoms with van der Waals surface area (Å²) in [7, 11) is 0. The van der Waals surface area contributed by atoms with E-state index in [-0.39, 0.29) is 6.61 Å². The number of hydrogen-bond donors (Lipinski definition) is 0. The van der Waals surface area contributed by atoms with Crippen LogP contribution in [0.15, 0.2) is 12.1 Å². The third-order valence-electron chi connectivity index (χ3n) is 2.09. The highest BCUT2D eigenvalue weighted by atomic mass is 19.4. The molecule has 0 fully saturated rings. The van der Waals surface area contributed by atoms with Crippen LogP contribution in [0.3, 0.4) is 0 Å². The van der Waals surface area contributed by atoms with Gasteiger partial charge < -0.3 is 9.47 Å². The van der Waals surface area contributed by atoms with Crippen LogP contribution in [-0.4, -0.2) is 13.0 Å². The van der Waals surface area contributed by atoms with Crippen molar-refractivity contribution in [3.63, 3.8) is 0 Å². The molecular formula is C11H10F6O2. The Morgan fingerprint density at radius 3 is 2.05 bits per heavy atom. The standard InChI is InChI=1S/C11H10F6O2/c1-3-18-8-5-7(19-11(15,16)17)4-6(2)9(8)10(12,13)14/h4-5H,3H2,1-2H3. The molecule has 108 valence electrons. The second-order valence-electron chi connectivity index (χ2n) is 3.59. The topological polar surface area (TPSA) is 18.5 Å². The molecule has 2 nitrogen and oxygen atoms in total. The zero-order valence-corrected chi connectivity index (χ0v) is 9.95. The maximum atomic E-state index is 12.8. The normalized spacial score (nSPS) is 12.4. The van der Waals surface area contributed by atoms with E-state index in [1.807, 2.05) is 0 Å². The molecule has 0 unspecified atom stereocenters. The second-order valence-corrected chi connectivity index (χ2v) is 3.59. The minimum Gasteiger partial charge on any atom is -0.493 e. The van der Waals surface area contributed by atoms with Crippen LogP contribution >= 0.6 is 0 Å². The van der Waals surface area contributed by atoms with Gasteiger partial charge >= 0.3 is 12.5 Å². The Morgan fingerprint density at radius 1 is 1.05 bits per heavy atom. The summed E-state index contributed by atoms with van der Waals surface area (Å²) in [6.45, 7) is 2.35. The van der Waals surface area contributed by atoms with Gasteiger partial charge in [0.2, 0.25) is 0 Å². The Bertz CT molecular complexity index is 450. The second kappa shape index (κ2) is 5.18. The maximum absolute atomic E-state index is 12.8. The summed E-state index contributed by atoms with van der Waals surface area (Å²) in [6, 6.07) is 1.24. The zero-order valence-electron chi connectivity index (χ0n) is 9.95. The van der Waals surface area contributed by atoms with Gasteiger partial charge in [-0.1, -0.05) is 0 Å². The van der Waals surface area contributed by atoms with Crippen LogP contribution in [-0.2, 0) is 6.18 Å². The molecule has 8 heteroatoms. The zero-order chi connectivity index (χ0) is 14.8. The Morgan fingerprint density at radius 2 is 1.63 bits per heavy atom. The summed E-state index contributed by atoms with van der Waals surface area (Å²) in [5.41, 5.74) is -1.51. The van der Waals surface area contributed by atoms with Crippen LogP contribution in [0.25, 0.3) is 0 Å². The number of aryl methyl sites for hydroxylation is 1. The lowest BCUT2D eigenvalue weighted by Crippen LogP contribution is -2.18. The van der Waals surface area contributed by atoms with Crippen LogP contribution in [0.4, 0.5) is 26.3 Å². The predicted octanol–water partition coefficient (Wildman–Crippen LogP) is 4.31. The molecule has 0 saturated heterocycles. The smallest absolute Gasteiger partial charge is 0.493 e. The molecule has 0 aliphatic carbocycles. The summed E-state index contributed by atoms with van der Waals surface area (Å²) >= 11 is 0. The molecule has 0 atom stereocenters. The van der Waals surface area contributed by atoms with Crippen molar-refractivity contribution in [3.05, 3.63) is 23.3 Å².